The first-order valence-corrected chi connectivity index (χ1v) is 9.38. The highest BCUT2D eigenvalue weighted by molar-refractivity contribution is 6.30. The predicted octanol–water partition coefficient (Wildman–Crippen LogP) is 4.50. The van der Waals surface area contributed by atoms with Crippen molar-refractivity contribution in [3.63, 3.8) is 0 Å². The highest BCUT2D eigenvalue weighted by Crippen LogP contribution is 2.25. The molecule has 0 nitrogen and oxygen atoms in total. The molecular weight excluding hydrogens is 324 g/mol. The predicted molar refractivity (Wildman–Crippen MR) is 105 cm³/mol. The maximum absolute atomic E-state index is 6.11. The van der Waals surface area contributed by atoms with Crippen LogP contribution in [0.4, 0.5) is 0 Å². The van der Waals surface area contributed by atoms with Gasteiger partial charge in [-0.25, -0.2) is 0 Å². The van der Waals surface area contributed by atoms with E-state index in [2.05, 4.69) is 54.6 Å². The molecule has 5 rings (SSSR count). The van der Waals surface area contributed by atoms with Crippen LogP contribution in [0, 0.1) is 10.4 Å². The van der Waals surface area contributed by atoms with Gasteiger partial charge in [-0.2, -0.15) is 0 Å². The van der Waals surface area contributed by atoms with E-state index < -0.39 is 0 Å². The summed E-state index contributed by atoms with van der Waals surface area (Å²) < 4.78 is 0. The van der Waals surface area contributed by atoms with Gasteiger partial charge in [0.2, 0.25) is 0 Å². The highest BCUT2D eigenvalue weighted by atomic mass is 35.5. The van der Waals surface area contributed by atoms with E-state index in [-0.39, 0.29) is 0 Å². The van der Waals surface area contributed by atoms with Gasteiger partial charge >= 0.3 is 0 Å². The smallest absolute Gasteiger partial charge is 0.0406 e. The Labute approximate surface area is 152 Å². The summed E-state index contributed by atoms with van der Waals surface area (Å²) >= 11 is 6.11. The fourth-order valence-electron chi connectivity index (χ4n) is 4.35. The molecule has 0 atom stereocenters. The molecule has 25 heavy (non-hydrogen) atoms. The molecule has 0 saturated heterocycles. The van der Waals surface area contributed by atoms with Crippen molar-refractivity contribution in [3.05, 3.63) is 103 Å². The van der Waals surface area contributed by atoms with Crippen molar-refractivity contribution in [2.75, 3.05) is 0 Å². The third-order valence-corrected chi connectivity index (χ3v) is 5.80. The van der Waals surface area contributed by atoms with E-state index in [9.17, 15) is 0 Å². The van der Waals surface area contributed by atoms with Crippen LogP contribution < -0.4 is 10.4 Å². The minimum atomic E-state index is 0.792. The van der Waals surface area contributed by atoms with E-state index in [4.69, 9.17) is 11.6 Å². The summed E-state index contributed by atoms with van der Waals surface area (Å²) in [6.45, 7) is 0. The minimum absolute atomic E-state index is 0.792. The maximum atomic E-state index is 6.11. The van der Waals surface area contributed by atoms with Crippen LogP contribution >= 0.6 is 11.6 Å². The SMILES string of the molecule is Clc1ccc(C2=c3ccccc3=c3ccc4c(c3C2)CCCC=4)cc1. The lowest BCUT2D eigenvalue weighted by Crippen LogP contribution is -2.22. The summed E-state index contributed by atoms with van der Waals surface area (Å²) in [6, 6.07) is 21.8. The van der Waals surface area contributed by atoms with Crippen LogP contribution in [0.2, 0.25) is 5.02 Å². The van der Waals surface area contributed by atoms with Crippen LogP contribution in [0.15, 0.2) is 60.7 Å². The Hall–Kier alpha value is -2.31. The molecule has 0 unspecified atom stereocenters. The Morgan fingerprint density at radius 3 is 2.36 bits per heavy atom. The third kappa shape index (κ3) is 2.44. The minimum Gasteiger partial charge on any atom is -0.0843 e. The van der Waals surface area contributed by atoms with Crippen molar-refractivity contribution in [1.29, 1.82) is 0 Å². The lowest BCUT2D eigenvalue weighted by molar-refractivity contribution is 0.823. The number of rotatable bonds is 1. The lowest BCUT2D eigenvalue weighted by Gasteiger charge is -2.20. The van der Waals surface area contributed by atoms with Gasteiger partial charge in [0.05, 0.1) is 0 Å². The molecule has 3 aromatic carbocycles. The molecule has 2 aliphatic carbocycles. The second kappa shape index (κ2) is 5.89. The summed E-state index contributed by atoms with van der Waals surface area (Å²) in [5, 5.41) is 6.38. The van der Waals surface area contributed by atoms with Crippen LogP contribution in [-0.4, -0.2) is 0 Å². The van der Waals surface area contributed by atoms with Gasteiger partial charge in [-0.1, -0.05) is 66.2 Å². The summed E-state index contributed by atoms with van der Waals surface area (Å²) in [7, 11) is 0. The molecule has 0 bridgehead atoms. The molecular formula is C24H19Cl. The monoisotopic (exact) mass is 342 g/mol. The lowest BCUT2D eigenvalue weighted by atomic mass is 9.84. The molecule has 1 heteroatoms. The van der Waals surface area contributed by atoms with Gasteiger partial charge in [-0.3, -0.25) is 0 Å². The summed E-state index contributed by atoms with van der Waals surface area (Å²) in [6.07, 6.45) is 7.08. The molecule has 122 valence electrons. The van der Waals surface area contributed by atoms with Gasteiger partial charge in [0.25, 0.3) is 0 Å². The summed E-state index contributed by atoms with van der Waals surface area (Å²) in [4.78, 5) is 0. The van der Waals surface area contributed by atoms with Crippen molar-refractivity contribution in [2.45, 2.75) is 25.7 Å². The van der Waals surface area contributed by atoms with E-state index in [1.165, 1.54) is 56.8 Å². The molecule has 0 amide bonds. The molecule has 0 heterocycles. The van der Waals surface area contributed by atoms with Gasteiger partial charge in [-0.05, 0) is 81.0 Å². The van der Waals surface area contributed by atoms with Crippen LogP contribution in [-0.2, 0) is 12.8 Å². The van der Waals surface area contributed by atoms with E-state index in [1.54, 1.807) is 5.56 Å². The Morgan fingerprint density at radius 1 is 0.720 bits per heavy atom. The van der Waals surface area contributed by atoms with Gasteiger partial charge < -0.3 is 0 Å². The molecule has 0 aromatic heterocycles. The number of benzene rings is 3. The zero-order valence-corrected chi connectivity index (χ0v) is 14.8. The fraction of sp³-hybridized carbons (Fsp3) is 0.167. The Bertz CT molecular complexity index is 1180. The molecule has 0 saturated carbocycles. The Balaban J connectivity index is 1.91. The number of hydrogen-bond acceptors (Lipinski definition) is 0. The first-order chi connectivity index (χ1) is 12.3. The van der Waals surface area contributed by atoms with E-state index >= 15 is 0 Å². The van der Waals surface area contributed by atoms with Gasteiger partial charge in [0.15, 0.2) is 0 Å². The molecule has 2 aliphatic rings. The number of hydrogen-bond donors (Lipinski definition) is 0. The topological polar surface area (TPSA) is 0 Å². The van der Waals surface area contributed by atoms with Crippen LogP contribution in [0.1, 0.15) is 29.5 Å². The summed E-state index contributed by atoms with van der Waals surface area (Å²) in [5.41, 5.74) is 5.78. The van der Waals surface area contributed by atoms with Gasteiger partial charge in [0, 0.05) is 5.02 Å². The Kier molecular flexibility index (Phi) is 3.53. The zero-order chi connectivity index (χ0) is 16.8. The zero-order valence-electron chi connectivity index (χ0n) is 14.1. The van der Waals surface area contributed by atoms with Gasteiger partial charge in [0.1, 0.15) is 0 Å². The summed E-state index contributed by atoms with van der Waals surface area (Å²) in [5.74, 6) is 0. The highest BCUT2D eigenvalue weighted by Gasteiger charge is 2.16. The van der Waals surface area contributed by atoms with E-state index in [1.807, 2.05) is 12.1 Å². The molecule has 3 aromatic rings. The maximum Gasteiger partial charge on any atom is 0.0406 e. The second-order valence-electron chi connectivity index (χ2n) is 6.96. The Morgan fingerprint density at radius 2 is 1.52 bits per heavy atom. The third-order valence-electron chi connectivity index (χ3n) is 5.55. The van der Waals surface area contributed by atoms with Crippen molar-refractivity contribution >= 4 is 23.3 Å². The first-order valence-electron chi connectivity index (χ1n) is 9.01. The van der Waals surface area contributed by atoms with Crippen molar-refractivity contribution in [1.82, 2.24) is 0 Å². The molecule has 0 fully saturated rings. The van der Waals surface area contributed by atoms with Crippen molar-refractivity contribution in [3.8, 4) is 0 Å². The van der Waals surface area contributed by atoms with Crippen LogP contribution in [0.5, 0.6) is 0 Å². The van der Waals surface area contributed by atoms with Crippen molar-refractivity contribution in [2.24, 2.45) is 0 Å². The van der Waals surface area contributed by atoms with E-state index in [0.717, 1.165) is 11.4 Å². The van der Waals surface area contributed by atoms with E-state index in [0.29, 0.717) is 0 Å². The van der Waals surface area contributed by atoms with Crippen molar-refractivity contribution < 1.29 is 0 Å². The standard InChI is InChI=1S/C24H19Cl/c25-18-12-9-17(10-13-18)23-15-24-19-6-2-1-5-16(19)11-14-22(24)20-7-3-4-8-21(20)23/h3-5,7-14H,1-2,6,15H2. The second-order valence-corrected chi connectivity index (χ2v) is 7.40. The van der Waals surface area contributed by atoms with Crippen LogP contribution in [0.3, 0.4) is 0 Å². The van der Waals surface area contributed by atoms with Crippen LogP contribution in [0.25, 0.3) is 11.6 Å². The average Bonchev–Trinajstić information content (AvgIpc) is 2.68. The molecule has 0 aliphatic heterocycles. The largest absolute Gasteiger partial charge is 0.0843 e. The van der Waals surface area contributed by atoms with Gasteiger partial charge in [-0.15, -0.1) is 0 Å². The fourth-order valence-corrected chi connectivity index (χ4v) is 4.48. The quantitative estimate of drug-likeness (QED) is 0.611. The molecule has 0 radical (unpaired) electrons. The first kappa shape index (κ1) is 15.0. The average molecular weight is 343 g/mol. The molecule has 0 N–H and O–H groups in total. The number of fused-ring (bicyclic) bond motifs is 4. The number of halogens is 1. The molecule has 0 spiro atoms. The normalized spacial score (nSPS) is 15.0.